The van der Waals surface area contributed by atoms with Crippen LogP contribution >= 0.6 is 11.8 Å². The van der Waals surface area contributed by atoms with E-state index in [0.29, 0.717) is 4.90 Å². The molecule has 0 spiro atoms. The van der Waals surface area contributed by atoms with E-state index in [-0.39, 0.29) is 59.8 Å². The van der Waals surface area contributed by atoms with Crippen LogP contribution in [0.25, 0.3) is 0 Å². The summed E-state index contributed by atoms with van der Waals surface area (Å²) in [4.78, 5) is 96.5. The highest BCUT2D eigenvalue weighted by atomic mass is 32.2. The lowest BCUT2D eigenvalue weighted by atomic mass is 9.97. The molecule has 2 heterocycles. The van der Waals surface area contributed by atoms with E-state index in [0.717, 1.165) is 0 Å². The van der Waals surface area contributed by atoms with Crippen molar-refractivity contribution in [3.63, 3.8) is 0 Å². The topological polar surface area (TPSA) is 230 Å². The Morgan fingerprint density at radius 2 is 0.651 bits per heavy atom. The number of esters is 7. The van der Waals surface area contributed by atoms with E-state index >= 15 is 0 Å². The maximum Gasteiger partial charge on any atom is 0.338 e. The summed E-state index contributed by atoms with van der Waals surface area (Å²) in [5, 5.41) is 0. The van der Waals surface area contributed by atoms with Gasteiger partial charge in [-0.3, -0.25) is 4.79 Å². The summed E-state index contributed by atoms with van der Waals surface area (Å²) in [5.41, 5.74) is -0.0927. The Balaban J connectivity index is 1.06. The van der Waals surface area contributed by atoms with E-state index in [9.17, 15) is 33.6 Å². The average Bonchev–Trinajstić information content (AvgIpc) is 3.58. The molecule has 19 nitrogen and oxygen atoms in total. The minimum absolute atomic E-state index is 0.119. The molecule has 10 atom stereocenters. The van der Waals surface area contributed by atoms with Gasteiger partial charge in [0.1, 0.15) is 49.7 Å². The maximum atomic E-state index is 14.3. The van der Waals surface area contributed by atoms with Gasteiger partial charge >= 0.3 is 41.8 Å². The fraction of sp³-hybridized carbons (Fsp3) is 0.258. The quantitative estimate of drug-likeness (QED) is 0.0295. The Labute approximate surface area is 499 Å². The third-order valence-electron chi connectivity index (χ3n) is 13.3. The molecule has 0 radical (unpaired) electrons. The molecule has 0 bridgehead atoms. The van der Waals surface area contributed by atoms with Gasteiger partial charge < -0.3 is 56.8 Å². The first-order valence-corrected chi connectivity index (χ1v) is 28.4. The van der Waals surface area contributed by atoms with Crippen molar-refractivity contribution in [3.05, 3.63) is 246 Å². The molecule has 0 amide bonds. The third kappa shape index (κ3) is 17.1. The molecule has 0 N–H and O–H groups in total. The van der Waals surface area contributed by atoms with Crippen LogP contribution in [0.4, 0.5) is 0 Å². The summed E-state index contributed by atoms with van der Waals surface area (Å²) in [6.07, 6.45) is -13.2. The summed E-state index contributed by atoms with van der Waals surface area (Å²) < 4.78 is 74.9. The van der Waals surface area contributed by atoms with Crippen LogP contribution in [-0.2, 0) is 61.6 Å². The van der Waals surface area contributed by atoms with Crippen molar-refractivity contribution in [2.24, 2.45) is 0 Å². The summed E-state index contributed by atoms with van der Waals surface area (Å²) in [5.74, 6) is -5.40. The summed E-state index contributed by atoms with van der Waals surface area (Å²) in [7, 11) is 0. The number of carbonyl (C=O) groups excluding carboxylic acids is 7. The van der Waals surface area contributed by atoms with E-state index in [1.807, 2.05) is 30.3 Å². The molecule has 0 saturated carbocycles. The van der Waals surface area contributed by atoms with Crippen LogP contribution in [0.1, 0.15) is 69.1 Å². The Hall–Kier alpha value is -9.02. The monoisotopic (exact) mass is 1190 g/mol. The van der Waals surface area contributed by atoms with Gasteiger partial charge in [-0.1, -0.05) is 139 Å². The Bertz CT molecular complexity index is 3310. The summed E-state index contributed by atoms with van der Waals surface area (Å²) >= 11 is 1.19. The fourth-order valence-electron chi connectivity index (χ4n) is 9.20. The standard InChI is InChI=1S/C66H60O19S/c1-43(67)74-37-38-75-57-55(84-63(72)48-31-17-6-18-32-48)53(82-61(70)46-27-13-4-14-28-46)51(41-78-59(68)44-23-9-2-10-24-44)80-65(57)77-40-39-76-58-56(85-64(73)49-33-19-7-20-34-49)54(83-62(71)47-29-15-5-16-30-47)52(42-79-60(69)45-25-11-3-12-26-45)81-66(58)86-50-35-21-8-22-36-50/h2-36,51-58,65-66H,37-42H2,1H3/t51-,52-,53-,54-,55+,56+,57-,58-,65-,66-/m1/s1. The zero-order valence-corrected chi connectivity index (χ0v) is 47.2. The van der Waals surface area contributed by atoms with Gasteiger partial charge in [-0.15, -0.1) is 0 Å². The molecular weight excluding hydrogens is 1130 g/mol. The first-order valence-electron chi connectivity index (χ1n) is 27.5. The molecule has 2 aliphatic rings. The SMILES string of the molecule is CC(=O)OCCO[C@H]1[C@H](OCCO[C@@H]2[C@@H](OC(=O)c3ccccc3)[C@H](OC(=O)c3ccccc3)[C@@H](COC(=O)c3ccccc3)O[C@@H]2Sc2ccccc2)O[C@H](COC(=O)c2ccccc2)[C@@H](OC(=O)c2ccccc2)[C@@H]1OC(=O)c1ccccc1. The van der Waals surface area contributed by atoms with E-state index < -0.39 is 116 Å². The van der Waals surface area contributed by atoms with Crippen LogP contribution in [0, 0.1) is 0 Å². The van der Waals surface area contributed by atoms with Gasteiger partial charge in [0.25, 0.3) is 0 Å². The highest BCUT2D eigenvalue weighted by molar-refractivity contribution is 7.99. The number of rotatable bonds is 25. The molecule has 20 heteroatoms. The van der Waals surface area contributed by atoms with Crippen molar-refractivity contribution in [2.75, 3.05) is 39.6 Å². The zero-order chi connectivity index (χ0) is 60.0. The average molecular weight is 1190 g/mol. The molecule has 86 heavy (non-hydrogen) atoms. The minimum atomic E-state index is -1.58. The molecular formula is C66H60O19S. The molecule has 0 aromatic heterocycles. The Morgan fingerprint density at radius 3 is 1.05 bits per heavy atom. The van der Waals surface area contributed by atoms with Gasteiger partial charge in [-0.05, 0) is 84.9 Å². The number of ether oxygens (including phenoxy) is 12. The van der Waals surface area contributed by atoms with E-state index in [2.05, 4.69) is 0 Å². The van der Waals surface area contributed by atoms with Crippen molar-refractivity contribution in [1.82, 2.24) is 0 Å². The molecule has 0 unspecified atom stereocenters. The summed E-state index contributed by atoms with van der Waals surface area (Å²) in [6, 6.07) is 57.7. The molecule has 7 aromatic rings. The van der Waals surface area contributed by atoms with Gasteiger partial charge in [0, 0.05) is 11.8 Å². The van der Waals surface area contributed by atoms with Crippen LogP contribution < -0.4 is 0 Å². The van der Waals surface area contributed by atoms with Crippen molar-refractivity contribution in [2.45, 2.75) is 72.4 Å². The predicted molar refractivity (Wildman–Crippen MR) is 308 cm³/mol. The number of hydrogen-bond acceptors (Lipinski definition) is 20. The zero-order valence-electron chi connectivity index (χ0n) is 46.4. The first-order chi connectivity index (χ1) is 42.0. The number of thioether (sulfide) groups is 1. The largest absolute Gasteiger partial charge is 0.463 e. The molecule has 7 aromatic carbocycles. The van der Waals surface area contributed by atoms with E-state index in [1.54, 1.807) is 158 Å². The first kappa shape index (κ1) is 61.5. The lowest BCUT2D eigenvalue weighted by Gasteiger charge is -2.45. The second-order valence-electron chi connectivity index (χ2n) is 19.3. The third-order valence-corrected chi connectivity index (χ3v) is 14.5. The van der Waals surface area contributed by atoms with Gasteiger partial charge in [-0.2, -0.15) is 0 Å². The van der Waals surface area contributed by atoms with E-state index in [1.165, 1.54) is 43.0 Å². The molecule has 2 fully saturated rings. The second kappa shape index (κ2) is 31.2. The van der Waals surface area contributed by atoms with Crippen LogP contribution in [0.3, 0.4) is 0 Å². The number of benzene rings is 7. The van der Waals surface area contributed by atoms with Gasteiger partial charge in [0.05, 0.1) is 53.2 Å². The molecule has 2 aliphatic heterocycles. The van der Waals surface area contributed by atoms with Crippen LogP contribution in [0.2, 0.25) is 0 Å². The molecule has 2 saturated heterocycles. The molecule has 0 aliphatic carbocycles. The predicted octanol–water partition coefficient (Wildman–Crippen LogP) is 9.20. The van der Waals surface area contributed by atoms with Gasteiger partial charge in [0.2, 0.25) is 0 Å². The Kier molecular flexibility index (Phi) is 22.3. The Morgan fingerprint density at radius 1 is 0.337 bits per heavy atom. The smallest absolute Gasteiger partial charge is 0.338 e. The summed E-state index contributed by atoms with van der Waals surface area (Å²) in [6.45, 7) is -1.17. The van der Waals surface area contributed by atoms with Crippen LogP contribution in [-0.4, -0.2) is 142 Å². The van der Waals surface area contributed by atoms with Crippen molar-refractivity contribution in [1.29, 1.82) is 0 Å². The number of carbonyl (C=O) groups is 7. The van der Waals surface area contributed by atoms with Crippen molar-refractivity contribution < 1.29 is 90.4 Å². The van der Waals surface area contributed by atoms with Crippen molar-refractivity contribution >= 4 is 53.5 Å². The number of hydrogen-bond donors (Lipinski definition) is 0. The highest BCUT2D eigenvalue weighted by Crippen LogP contribution is 2.39. The molecule has 9 rings (SSSR count). The second-order valence-corrected chi connectivity index (χ2v) is 20.4. The normalized spacial score (nSPS) is 21.5. The van der Waals surface area contributed by atoms with Crippen LogP contribution in [0.5, 0.6) is 0 Å². The van der Waals surface area contributed by atoms with Crippen molar-refractivity contribution in [3.8, 4) is 0 Å². The fourth-order valence-corrected chi connectivity index (χ4v) is 10.4. The highest BCUT2D eigenvalue weighted by Gasteiger charge is 2.54. The minimum Gasteiger partial charge on any atom is -0.463 e. The van der Waals surface area contributed by atoms with E-state index in [4.69, 9.17) is 56.8 Å². The van der Waals surface area contributed by atoms with Gasteiger partial charge in [-0.25, -0.2) is 28.8 Å². The van der Waals surface area contributed by atoms with Crippen LogP contribution in [0.15, 0.2) is 217 Å². The lowest BCUT2D eigenvalue weighted by molar-refractivity contribution is -0.311. The lowest BCUT2D eigenvalue weighted by Crippen LogP contribution is -2.63. The maximum absolute atomic E-state index is 14.3. The molecule has 444 valence electrons. The van der Waals surface area contributed by atoms with Gasteiger partial charge in [0.15, 0.2) is 30.7 Å².